The largest absolute Gasteiger partial charge is 0.315 e. The second-order valence-corrected chi connectivity index (χ2v) is 7.18. The second-order valence-electron chi connectivity index (χ2n) is 5.32. The first-order chi connectivity index (χ1) is 9.37. The van der Waals surface area contributed by atoms with Crippen molar-refractivity contribution in [2.24, 2.45) is 11.7 Å². The maximum absolute atomic E-state index is 12.8. The van der Waals surface area contributed by atoms with Crippen molar-refractivity contribution in [3.63, 3.8) is 0 Å². The van der Waals surface area contributed by atoms with Crippen molar-refractivity contribution in [2.75, 3.05) is 6.54 Å². The van der Waals surface area contributed by atoms with E-state index in [-0.39, 0.29) is 10.8 Å². The molecule has 1 aromatic carbocycles. The topological polar surface area (TPSA) is 87.2 Å². The molecule has 2 unspecified atom stereocenters. The zero-order valence-corrected chi connectivity index (χ0v) is 12.5. The Morgan fingerprint density at radius 2 is 2.15 bits per heavy atom. The van der Waals surface area contributed by atoms with Crippen LogP contribution in [0, 0.1) is 24.2 Å². The summed E-state index contributed by atoms with van der Waals surface area (Å²) < 4.78 is 26.9. The molecule has 2 rings (SSSR count). The van der Waals surface area contributed by atoms with Crippen LogP contribution in [-0.4, -0.2) is 25.4 Å². The van der Waals surface area contributed by atoms with Crippen LogP contribution in [0.4, 0.5) is 0 Å². The highest BCUT2D eigenvalue weighted by atomic mass is 32.2. The first kappa shape index (κ1) is 15.0. The summed E-state index contributed by atoms with van der Waals surface area (Å²) in [4.78, 5) is 0.182. The second kappa shape index (κ2) is 5.52. The van der Waals surface area contributed by atoms with Gasteiger partial charge in [0.05, 0.1) is 22.7 Å². The Morgan fingerprint density at radius 3 is 2.80 bits per heavy atom. The van der Waals surface area contributed by atoms with E-state index in [1.165, 1.54) is 10.4 Å². The summed E-state index contributed by atoms with van der Waals surface area (Å²) in [5, 5.41) is 8.94. The first-order valence-corrected chi connectivity index (χ1v) is 8.10. The summed E-state index contributed by atoms with van der Waals surface area (Å²) in [5.74, 6) is 0.137. The average molecular weight is 293 g/mol. The lowest BCUT2D eigenvalue weighted by Crippen LogP contribution is -2.52. The molecule has 1 aliphatic heterocycles. The van der Waals surface area contributed by atoms with Crippen LogP contribution < -0.4 is 5.73 Å². The molecule has 0 radical (unpaired) electrons. The molecule has 2 atom stereocenters. The third-order valence-electron chi connectivity index (χ3n) is 3.86. The number of nitrogens with zero attached hydrogens (tertiary/aromatic N) is 2. The van der Waals surface area contributed by atoms with Gasteiger partial charge in [-0.1, -0.05) is 13.0 Å². The van der Waals surface area contributed by atoms with E-state index in [4.69, 9.17) is 11.0 Å². The third kappa shape index (κ3) is 2.57. The Labute approximate surface area is 120 Å². The minimum Gasteiger partial charge on any atom is -0.315 e. The minimum absolute atomic E-state index is 0.137. The van der Waals surface area contributed by atoms with Crippen molar-refractivity contribution < 1.29 is 8.42 Å². The van der Waals surface area contributed by atoms with Crippen molar-refractivity contribution >= 4 is 10.0 Å². The summed E-state index contributed by atoms with van der Waals surface area (Å²) >= 11 is 0. The van der Waals surface area contributed by atoms with Gasteiger partial charge in [-0.15, -0.1) is 0 Å². The molecule has 0 spiro atoms. The van der Waals surface area contributed by atoms with Crippen LogP contribution in [0.25, 0.3) is 0 Å². The molecule has 108 valence electrons. The molecule has 0 aliphatic carbocycles. The van der Waals surface area contributed by atoms with Gasteiger partial charge in [0.1, 0.15) is 0 Å². The number of sulfonamides is 1. The number of hydrogen-bond donors (Lipinski definition) is 1. The van der Waals surface area contributed by atoms with Crippen molar-refractivity contribution in [3.8, 4) is 6.07 Å². The molecule has 5 nitrogen and oxygen atoms in total. The van der Waals surface area contributed by atoms with Gasteiger partial charge in [0, 0.05) is 6.54 Å². The Morgan fingerprint density at radius 1 is 1.45 bits per heavy atom. The number of piperidine rings is 1. The van der Waals surface area contributed by atoms with E-state index >= 15 is 0 Å². The van der Waals surface area contributed by atoms with E-state index in [0.29, 0.717) is 17.7 Å². The number of nitriles is 1. The third-order valence-corrected chi connectivity index (χ3v) is 5.90. The van der Waals surface area contributed by atoms with Crippen LogP contribution in [0.5, 0.6) is 0 Å². The fraction of sp³-hybridized carbons (Fsp3) is 0.500. The first-order valence-electron chi connectivity index (χ1n) is 6.66. The van der Waals surface area contributed by atoms with Gasteiger partial charge in [-0.05, 0) is 43.4 Å². The maximum Gasteiger partial charge on any atom is 0.244 e. The number of hydrogen-bond acceptors (Lipinski definition) is 4. The van der Waals surface area contributed by atoms with Crippen LogP contribution >= 0.6 is 0 Å². The molecule has 20 heavy (non-hydrogen) atoms. The molecule has 1 heterocycles. The average Bonchev–Trinajstić information content (AvgIpc) is 2.42. The van der Waals surface area contributed by atoms with Gasteiger partial charge in [0.15, 0.2) is 0 Å². The van der Waals surface area contributed by atoms with E-state index in [1.807, 2.05) is 13.0 Å². The highest BCUT2D eigenvalue weighted by molar-refractivity contribution is 7.89. The molecule has 0 aromatic heterocycles. The lowest BCUT2D eigenvalue weighted by molar-refractivity contribution is 0.192. The Balaban J connectivity index is 2.47. The van der Waals surface area contributed by atoms with Gasteiger partial charge in [-0.25, -0.2) is 8.42 Å². The zero-order chi connectivity index (χ0) is 14.9. The van der Waals surface area contributed by atoms with Crippen LogP contribution in [0.1, 0.15) is 30.9 Å². The van der Waals surface area contributed by atoms with Crippen molar-refractivity contribution in [1.82, 2.24) is 4.31 Å². The normalized spacial score (nSPS) is 24.3. The Kier molecular flexibility index (Phi) is 4.14. The van der Waals surface area contributed by atoms with Gasteiger partial charge in [-0.2, -0.15) is 9.57 Å². The summed E-state index contributed by atoms with van der Waals surface area (Å²) in [5.41, 5.74) is 7.02. The molecule has 0 bridgehead atoms. The smallest absolute Gasteiger partial charge is 0.244 e. The predicted octanol–water partition coefficient (Wildman–Crippen LogP) is 1.57. The van der Waals surface area contributed by atoms with Crippen molar-refractivity contribution in [1.29, 1.82) is 5.26 Å². The van der Waals surface area contributed by atoms with Crippen molar-refractivity contribution in [2.45, 2.75) is 37.8 Å². The molecule has 0 amide bonds. The quantitative estimate of drug-likeness (QED) is 0.896. The molecule has 2 N–H and O–H groups in total. The van der Waals surface area contributed by atoms with Gasteiger partial charge in [0.25, 0.3) is 0 Å². The summed E-state index contributed by atoms with van der Waals surface area (Å²) in [6.07, 6.45) is 1.24. The number of nitrogens with two attached hydrogens (primary N) is 1. The number of rotatable bonds is 2. The minimum atomic E-state index is -3.65. The molecule has 1 saturated heterocycles. The Bertz CT molecular complexity index is 649. The molecule has 1 aromatic rings. The van der Waals surface area contributed by atoms with Gasteiger partial charge >= 0.3 is 0 Å². The monoisotopic (exact) mass is 293 g/mol. The van der Waals surface area contributed by atoms with Gasteiger partial charge < -0.3 is 5.73 Å². The fourth-order valence-electron chi connectivity index (χ4n) is 2.53. The van der Waals surface area contributed by atoms with Crippen LogP contribution in [0.15, 0.2) is 23.1 Å². The van der Waals surface area contributed by atoms with E-state index in [0.717, 1.165) is 12.8 Å². The summed E-state index contributed by atoms with van der Waals surface area (Å²) in [7, 11) is -3.65. The number of benzene rings is 1. The SMILES string of the molecule is Cc1ccc(C#N)cc1S(=O)(=O)N1CCCC(C)C1N. The van der Waals surface area contributed by atoms with E-state index in [2.05, 4.69) is 0 Å². The van der Waals surface area contributed by atoms with Gasteiger partial charge in [0.2, 0.25) is 10.0 Å². The highest BCUT2D eigenvalue weighted by Gasteiger charge is 2.35. The summed E-state index contributed by atoms with van der Waals surface area (Å²) in [6, 6.07) is 6.68. The van der Waals surface area contributed by atoms with Crippen LogP contribution in [-0.2, 0) is 10.0 Å². The molecule has 0 saturated carbocycles. The lowest BCUT2D eigenvalue weighted by Gasteiger charge is -2.36. The predicted molar refractivity (Wildman–Crippen MR) is 76.2 cm³/mol. The fourth-order valence-corrected chi connectivity index (χ4v) is 4.43. The molecule has 1 aliphatic rings. The van der Waals surface area contributed by atoms with E-state index < -0.39 is 16.2 Å². The van der Waals surface area contributed by atoms with E-state index in [9.17, 15) is 8.42 Å². The molecule has 1 fully saturated rings. The Hall–Kier alpha value is -1.42. The van der Waals surface area contributed by atoms with Crippen molar-refractivity contribution in [3.05, 3.63) is 29.3 Å². The molecular weight excluding hydrogens is 274 g/mol. The maximum atomic E-state index is 12.8. The zero-order valence-electron chi connectivity index (χ0n) is 11.7. The van der Waals surface area contributed by atoms with E-state index in [1.54, 1.807) is 19.1 Å². The van der Waals surface area contributed by atoms with Gasteiger partial charge in [-0.3, -0.25) is 0 Å². The molecule has 6 heteroatoms. The number of aryl methyl sites for hydroxylation is 1. The van der Waals surface area contributed by atoms with Crippen LogP contribution in [0.3, 0.4) is 0 Å². The lowest BCUT2D eigenvalue weighted by atomic mass is 9.99. The highest BCUT2D eigenvalue weighted by Crippen LogP contribution is 2.28. The summed E-state index contributed by atoms with van der Waals surface area (Å²) in [6.45, 7) is 4.13. The van der Waals surface area contributed by atoms with Crippen LogP contribution in [0.2, 0.25) is 0 Å². The standard InChI is InChI=1S/C14H19N3O2S/c1-10-5-6-12(9-15)8-13(10)20(18,19)17-7-3-4-11(2)14(17)16/h5-6,8,11,14H,3-4,7,16H2,1-2H3. The molecular formula is C14H19N3O2S.